The highest BCUT2D eigenvalue weighted by atomic mass is 32.2. The van der Waals surface area contributed by atoms with Crippen LogP contribution in [0.2, 0.25) is 0 Å². The van der Waals surface area contributed by atoms with Gasteiger partial charge in [0.05, 0.1) is 29.7 Å². The number of hydrogen-bond acceptors (Lipinski definition) is 5. The summed E-state index contributed by atoms with van der Waals surface area (Å²) in [4.78, 5) is 25.5. The van der Waals surface area contributed by atoms with Gasteiger partial charge in [0.2, 0.25) is 10.0 Å². The van der Waals surface area contributed by atoms with Crippen LogP contribution in [0, 0.1) is 6.92 Å². The van der Waals surface area contributed by atoms with Gasteiger partial charge in [-0.25, -0.2) is 13.1 Å². The molecule has 24 heavy (non-hydrogen) atoms. The van der Waals surface area contributed by atoms with Crippen LogP contribution in [-0.2, 0) is 16.6 Å². The molecule has 0 saturated heterocycles. The smallest absolute Gasteiger partial charge is 0.261 e. The van der Waals surface area contributed by atoms with E-state index >= 15 is 0 Å². The van der Waals surface area contributed by atoms with E-state index in [1.165, 1.54) is 6.26 Å². The lowest BCUT2D eigenvalue weighted by Crippen LogP contribution is -2.37. The minimum atomic E-state index is -3.64. The SMILES string of the molecule is Cc1ccc2c(c1)C(=O)N(CCS(=O)(=O)NCc1ccco1)C2=O. The van der Waals surface area contributed by atoms with Crippen LogP contribution < -0.4 is 4.72 Å². The summed E-state index contributed by atoms with van der Waals surface area (Å²) in [6.07, 6.45) is 1.45. The first-order chi connectivity index (χ1) is 11.4. The molecule has 1 aliphatic heterocycles. The van der Waals surface area contributed by atoms with Gasteiger partial charge in [-0.1, -0.05) is 11.6 Å². The summed E-state index contributed by atoms with van der Waals surface area (Å²) in [5.41, 5.74) is 1.50. The van der Waals surface area contributed by atoms with Crippen molar-refractivity contribution in [3.05, 3.63) is 59.0 Å². The number of amides is 2. The van der Waals surface area contributed by atoms with Crippen LogP contribution in [0.3, 0.4) is 0 Å². The number of rotatable bonds is 6. The molecule has 2 aromatic rings. The zero-order chi connectivity index (χ0) is 17.3. The molecule has 1 aromatic carbocycles. The molecule has 1 aromatic heterocycles. The largest absolute Gasteiger partial charge is 0.468 e. The third-order valence-electron chi connectivity index (χ3n) is 3.76. The summed E-state index contributed by atoms with van der Waals surface area (Å²) in [5, 5.41) is 0. The molecule has 1 aliphatic rings. The monoisotopic (exact) mass is 348 g/mol. The van der Waals surface area contributed by atoms with Gasteiger partial charge in [0, 0.05) is 6.54 Å². The third kappa shape index (κ3) is 3.24. The number of hydrogen-bond donors (Lipinski definition) is 1. The molecule has 0 saturated carbocycles. The molecule has 0 radical (unpaired) electrons. The molecule has 0 fully saturated rings. The lowest BCUT2D eigenvalue weighted by Gasteiger charge is -2.14. The average molecular weight is 348 g/mol. The van der Waals surface area contributed by atoms with Gasteiger partial charge >= 0.3 is 0 Å². The Morgan fingerprint density at radius 1 is 1.12 bits per heavy atom. The molecular weight excluding hydrogens is 332 g/mol. The number of nitrogens with one attached hydrogen (secondary N) is 1. The Balaban J connectivity index is 1.64. The number of imide groups is 1. The Bertz CT molecular complexity index is 887. The fraction of sp³-hybridized carbons (Fsp3) is 0.250. The zero-order valence-electron chi connectivity index (χ0n) is 13.0. The van der Waals surface area contributed by atoms with Crippen molar-refractivity contribution in [2.24, 2.45) is 0 Å². The third-order valence-corrected chi connectivity index (χ3v) is 5.06. The van der Waals surface area contributed by atoms with Crippen molar-refractivity contribution in [1.82, 2.24) is 9.62 Å². The number of aryl methyl sites for hydroxylation is 1. The second-order valence-corrected chi connectivity index (χ2v) is 7.46. The Morgan fingerprint density at radius 2 is 1.88 bits per heavy atom. The molecule has 0 aliphatic carbocycles. The molecular formula is C16H16N2O5S. The Kier molecular flexibility index (Phi) is 4.25. The topological polar surface area (TPSA) is 96.7 Å². The van der Waals surface area contributed by atoms with E-state index in [9.17, 15) is 18.0 Å². The Hall–Kier alpha value is -2.45. The first-order valence-corrected chi connectivity index (χ1v) is 8.99. The van der Waals surface area contributed by atoms with E-state index in [0.29, 0.717) is 16.9 Å². The van der Waals surface area contributed by atoms with Crippen molar-refractivity contribution in [2.45, 2.75) is 13.5 Å². The van der Waals surface area contributed by atoms with Crippen LogP contribution in [0.4, 0.5) is 0 Å². The second-order valence-electron chi connectivity index (χ2n) is 5.53. The van der Waals surface area contributed by atoms with Crippen LogP contribution >= 0.6 is 0 Å². The molecule has 0 atom stereocenters. The number of benzene rings is 1. The van der Waals surface area contributed by atoms with E-state index in [0.717, 1.165) is 10.5 Å². The lowest BCUT2D eigenvalue weighted by molar-refractivity contribution is 0.0664. The fourth-order valence-electron chi connectivity index (χ4n) is 2.49. The summed E-state index contributed by atoms with van der Waals surface area (Å²) in [7, 11) is -3.64. The number of nitrogens with zero attached hydrogens (tertiary/aromatic N) is 1. The molecule has 2 heterocycles. The highest BCUT2D eigenvalue weighted by Crippen LogP contribution is 2.23. The zero-order valence-corrected chi connectivity index (χ0v) is 13.8. The molecule has 0 unspecified atom stereocenters. The van der Waals surface area contributed by atoms with Crippen molar-refractivity contribution >= 4 is 21.8 Å². The van der Waals surface area contributed by atoms with Crippen LogP contribution in [0.5, 0.6) is 0 Å². The Morgan fingerprint density at radius 3 is 2.58 bits per heavy atom. The number of fused-ring (bicyclic) bond motifs is 1. The molecule has 126 valence electrons. The van der Waals surface area contributed by atoms with Gasteiger partial charge in [0.25, 0.3) is 11.8 Å². The van der Waals surface area contributed by atoms with Crippen LogP contribution in [0.1, 0.15) is 32.0 Å². The normalized spacial score (nSPS) is 14.3. The van der Waals surface area contributed by atoms with Crippen LogP contribution in [-0.4, -0.2) is 37.4 Å². The lowest BCUT2D eigenvalue weighted by atomic mass is 10.1. The van der Waals surface area contributed by atoms with E-state index in [2.05, 4.69) is 4.72 Å². The van der Waals surface area contributed by atoms with Gasteiger partial charge in [-0.05, 0) is 31.2 Å². The number of carbonyl (C=O) groups is 2. The standard InChI is InChI=1S/C16H16N2O5S/c1-11-4-5-13-14(9-11)16(20)18(15(13)19)6-8-24(21,22)17-10-12-3-2-7-23-12/h2-5,7,9,17H,6,8,10H2,1H3. The van der Waals surface area contributed by atoms with Crippen molar-refractivity contribution in [2.75, 3.05) is 12.3 Å². The van der Waals surface area contributed by atoms with Crippen molar-refractivity contribution in [1.29, 1.82) is 0 Å². The van der Waals surface area contributed by atoms with E-state index in [1.807, 2.05) is 6.92 Å². The predicted molar refractivity (Wildman–Crippen MR) is 85.9 cm³/mol. The number of furan rings is 1. The maximum atomic E-state index is 12.3. The van der Waals surface area contributed by atoms with Gasteiger partial charge in [-0.15, -0.1) is 0 Å². The summed E-state index contributed by atoms with van der Waals surface area (Å²) in [6.45, 7) is 1.65. The molecule has 0 bridgehead atoms. The van der Waals surface area contributed by atoms with E-state index < -0.39 is 21.8 Å². The first kappa shape index (κ1) is 16.4. The summed E-state index contributed by atoms with van der Waals surface area (Å²) in [6, 6.07) is 8.28. The summed E-state index contributed by atoms with van der Waals surface area (Å²) < 4.78 is 31.5. The molecule has 7 nitrogen and oxygen atoms in total. The van der Waals surface area contributed by atoms with Crippen LogP contribution in [0.25, 0.3) is 0 Å². The van der Waals surface area contributed by atoms with Crippen molar-refractivity contribution < 1.29 is 22.4 Å². The summed E-state index contributed by atoms with van der Waals surface area (Å²) >= 11 is 0. The highest BCUT2D eigenvalue weighted by molar-refractivity contribution is 7.89. The number of carbonyl (C=O) groups excluding carboxylic acids is 2. The molecule has 8 heteroatoms. The van der Waals surface area contributed by atoms with E-state index in [-0.39, 0.29) is 18.8 Å². The second kappa shape index (κ2) is 6.21. The van der Waals surface area contributed by atoms with E-state index in [4.69, 9.17) is 4.42 Å². The van der Waals surface area contributed by atoms with E-state index in [1.54, 1.807) is 30.3 Å². The van der Waals surface area contributed by atoms with Gasteiger partial charge in [0.15, 0.2) is 0 Å². The minimum absolute atomic E-state index is 0.0245. The first-order valence-electron chi connectivity index (χ1n) is 7.34. The molecule has 0 spiro atoms. The van der Waals surface area contributed by atoms with Crippen molar-refractivity contribution in [3.8, 4) is 0 Å². The molecule has 3 rings (SSSR count). The maximum Gasteiger partial charge on any atom is 0.261 e. The van der Waals surface area contributed by atoms with Gasteiger partial charge < -0.3 is 4.42 Å². The number of sulfonamides is 1. The van der Waals surface area contributed by atoms with Gasteiger partial charge in [-0.2, -0.15) is 0 Å². The average Bonchev–Trinajstić information content (AvgIpc) is 3.13. The van der Waals surface area contributed by atoms with Crippen molar-refractivity contribution in [3.63, 3.8) is 0 Å². The van der Waals surface area contributed by atoms with Gasteiger partial charge in [0.1, 0.15) is 5.76 Å². The quantitative estimate of drug-likeness (QED) is 0.794. The van der Waals surface area contributed by atoms with Gasteiger partial charge in [-0.3, -0.25) is 14.5 Å². The minimum Gasteiger partial charge on any atom is -0.468 e. The summed E-state index contributed by atoms with van der Waals surface area (Å²) in [5.74, 6) is -0.802. The molecule has 2 amide bonds. The maximum absolute atomic E-state index is 12.3. The van der Waals surface area contributed by atoms with Crippen LogP contribution in [0.15, 0.2) is 41.0 Å². The fourth-order valence-corrected chi connectivity index (χ4v) is 3.41. The Labute approximate surface area is 139 Å². The molecule has 1 N–H and O–H groups in total. The highest BCUT2D eigenvalue weighted by Gasteiger charge is 2.35. The predicted octanol–water partition coefficient (Wildman–Crippen LogP) is 1.30.